The fraction of sp³-hybridized carbons (Fsp3) is 0.700. The Labute approximate surface area is 172 Å². The molecule has 9 nitrogen and oxygen atoms in total. The zero-order chi connectivity index (χ0) is 22.5. The van der Waals surface area contributed by atoms with E-state index >= 15 is 0 Å². The Hall–Kier alpha value is -1.78. The SMILES string of the molecule is CCOC(=O)/C=C(\CC)C(OC)(OC)OC(OC)(OC)/C(=C/C(=O)OCC)CC. The largest absolute Gasteiger partial charge is 0.463 e. The van der Waals surface area contributed by atoms with Gasteiger partial charge in [0.1, 0.15) is 0 Å². The molecule has 0 aromatic carbocycles. The van der Waals surface area contributed by atoms with E-state index in [0.29, 0.717) is 24.0 Å². The van der Waals surface area contributed by atoms with Gasteiger partial charge in [-0.25, -0.2) is 9.59 Å². The Morgan fingerprint density at radius 3 is 1.17 bits per heavy atom. The van der Waals surface area contributed by atoms with Crippen molar-refractivity contribution < 1.29 is 42.7 Å². The average molecular weight is 418 g/mol. The summed E-state index contributed by atoms with van der Waals surface area (Å²) in [6.45, 7) is 7.39. The predicted octanol–water partition coefficient (Wildman–Crippen LogP) is 2.70. The van der Waals surface area contributed by atoms with Crippen molar-refractivity contribution in [3.05, 3.63) is 23.3 Å². The molecular weight excluding hydrogens is 384 g/mol. The fourth-order valence-corrected chi connectivity index (χ4v) is 2.63. The standard InChI is InChI=1S/C20H34O9/c1-9-15(13-17(21)27-11-3)19(23-5,24-6)29-20(25-7,26-8)16(10-2)14-18(22)28-12-4/h13-14H,9-12H2,1-8H3/b15-13+,16-14+. The van der Waals surface area contributed by atoms with E-state index in [2.05, 4.69) is 0 Å². The molecule has 0 saturated heterocycles. The van der Waals surface area contributed by atoms with Crippen molar-refractivity contribution in [1.82, 2.24) is 0 Å². The van der Waals surface area contributed by atoms with Crippen molar-refractivity contribution in [2.24, 2.45) is 0 Å². The number of esters is 2. The number of carbonyl (C=O) groups excluding carboxylic acids is 2. The number of carbonyl (C=O) groups is 2. The van der Waals surface area contributed by atoms with Crippen LogP contribution in [0.4, 0.5) is 0 Å². The van der Waals surface area contributed by atoms with E-state index in [-0.39, 0.29) is 13.2 Å². The van der Waals surface area contributed by atoms with Gasteiger partial charge in [0.05, 0.1) is 13.2 Å². The molecule has 168 valence electrons. The molecule has 0 aromatic rings. The Morgan fingerprint density at radius 2 is 0.966 bits per heavy atom. The van der Waals surface area contributed by atoms with Crippen LogP contribution in [0.15, 0.2) is 23.3 Å². The van der Waals surface area contributed by atoms with Crippen LogP contribution in [0.25, 0.3) is 0 Å². The van der Waals surface area contributed by atoms with Crippen LogP contribution in [0, 0.1) is 0 Å². The molecule has 0 spiro atoms. The third kappa shape index (κ3) is 7.20. The molecule has 29 heavy (non-hydrogen) atoms. The van der Waals surface area contributed by atoms with Gasteiger partial charge >= 0.3 is 23.9 Å². The number of methoxy groups -OCH3 is 4. The van der Waals surface area contributed by atoms with Gasteiger partial charge in [0.2, 0.25) is 0 Å². The van der Waals surface area contributed by atoms with Gasteiger partial charge in [0, 0.05) is 51.7 Å². The molecule has 0 atom stereocenters. The van der Waals surface area contributed by atoms with Crippen LogP contribution < -0.4 is 0 Å². The van der Waals surface area contributed by atoms with E-state index in [1.807, 2.05) is 0 Å². The van der Waals surface area contributed by atoms with Crippen LogP contribution in [0.3, 0.4) is 0 Å². The maximum Gasteiger partial charge on any atom is 0.330 e. The summed E-state index contributed by atoms with van der Waals surface area (Å²) >= 11 is 0. The number of rotatable bonds is 14. The normalized spacial score (nSPS) is 13.4. The van der Waals surface area contributed by atoms with Gasteiger partial charge in [0.25, 0.3) is 0 Å². The summed E-state index contributed by atoms with van der Waals surface area (Å²) in [5.74, 6) is -4.86. The molecule has 0 aliphatic carbocycles. The number of hydrogen-bond acceptors (Lipinski definition) is 9. The first-order chi connectivity index (χ1) is 13.8. The molecule has 0 unspecified atom stereocenters. The molecule has 0 N–H and O–H groups in total. The van der Waals surface area contributed by atoms with Gasteiger partial charge in [-0.05, 0) is 26.7 Å². The lowest BCUT2D eigenvalue weighted by Gasteiger charge is -2.41. The maximum absolute atomic E-state index is 12.0. The quantitative estimate of drug-likeness (QED) is 0.239. The maximum atomic E-state index is 12.0. The average Bonchev–Trinajstić information content (AvgIpc) is 2.73. The van der Waals surface area contributed by atoms with Crippen molar-refractivity contribution in [1.29, 1.82) is 0 Å². The molecular formula is C20H34O9. The smallest absolute Gasteiger partial charge is 0.330 e. The molecule has 0 rings (SSSR count). The van der Waals surface area contributed by atoms with Gasteiger partial charge in [-0.2, -0.15) is 0 Å². The molecule has 0 fully saturated rings. The lowest BCUT2D eigenvalue weighted by molar-refractivity contribution is -0.462. The van der Waals surface area contributed by atoms with Gasteiger partial charge < -0.3 is 28.4 Å². The second-order valence-corrected chi connectivity index (χ2v) is 5.58. The summed E-state index contributed by atoms with van der Waals surface area (Å²) in [5, 5.41) is 0. The van der Waals surface area contributed by atoms with Gasteiger partial charge in [0.15, 0.2) is 0 Å². The molecule has 0 amide bonds. The van der Waals surface area contributed by atoms with Crippen molar-refractivity contribution in [3.8, 4) is 0 Å². The minimum atomic E-state index is -1.85. The highest BCUT2D eigenvalue weighted by Gasteiger charge is 2.48. The van der Waals surface area contributed by atoms with Gasteiger partial charge in [-0.15, -0.1) is 0 Å². The first-order valence-corrected chi connectivity index (χ1v) is 9.44. The Bertz CT molecular complexity index is 523. The second kappa shape index (κ2) is 13.4. The summed E-state index contributed by atoms with van der Waals surface area (Å²) in [5.41, 5.74) is 0.650. The first-order valence-electron chi connectivity index (χ1n) is 9.44. The van der Waals surface area contributed by atoms with Crippen LogP contribution in [-0.4, -0.2) is 65.5 Å². The van der Waals surface area contributed by atoms with Crippen LogP contribution in [0.2, 0.25) is 0 Å². The number of ether oxygens (including phenoxy) is 7. The second-order valence-electron chi connectivity index (χ2n) is 5.58. The molecule has 9 heteroatoms. The highest BCUT2D eigenvalue weighted by molar-refractivity contribution is 5.83. The monoisotopic (exact) mass is 418 g/mol. The van der Waals surface area contributed by atoms with Crippen LogP contribution in [0.5, 0.6) is 0 Å². The Kier molecular flexibility index (Phi) is 12.6. The minimum Gasteiger partial charge on any atom is -0.463 e. The summed E-state index contributed by atoms with van der Waals surface area (Å²) in [6, 6.07) is 0. The van der Waals surface area contributed by atoms with Gasteiger partial charge in [-0.1, -0.05) is 13.8 Å². The highest BCUT2D eigenvalue weighted by Crippen LogP contribution is 2.37. The molecule has 0 saturated carbocycles. The molecule has 0 aromatic heterocycles. The molecule has 0 radical (unpaired) electrons. The topological polar surface area (TPSA) is 98.8 Å². The minimum absolute atomic E-state index is 0.211. The van der Waals surface area contributed by atoms with Crippen LogP contribution in [0.1, 0.15) is 40.5 Å². The first kappa shape index (κ1) is 27.2. The zero-order valence-corrected chi connectivity index (χ0v) is 18.7. The lowest BCUT2D eigenvalue weighted by atomic mass is 10.1. The van der Waals surface area contributed by atoms with Crippen LogP contribution >= 0.6 is 0 Å². The third-order valence-corrected chi connectivity index (χ3v) is 4.05. The predicted molar refractivity (Wildman–Crippen MR) is 105 cm³/mol. The molecule has 0 heterocycles. The van der Waals surface area contributed by atoms with E-state index < -0.39 is 23.9 Å². The molecule has 0 aliphatic heterocycles. The summed E-state index contributed by atoms with van der Waals surface area (Å²) in [7, 11) is 5.37. The summed E-state index contributed by atoms with van der Waals surface area (Å²) in [4.78, 5) is 24.0. The summed E-state index contributed by atoms with van der Waals surface area (Å²) in [6.07, 6.45) is 3.11. The van der Waals surface area contributed by atoms with Crippen molar-refractivity contribution in [2.75, 3.05) is 41.7 Å². The highest BCUT2D eigenvalue weighted by atomic mass is 17.0. The number of hydrogen-bond donors (Lipinski definition) is 0. The lowest BCUT2D eigenvalue weighted by Crippen LogP contribution is -2.52. The third-order valence-electron chi connectivity index (χ3n) is 4.05. The van der Waals surface area contributed by atoms with E-state index in [9.17, 15) is 9.59 Å². The van der Waals surface area contributed by atoms with Crippen molar-refractivity contribution in [2.45, 2.75) is 52.5 Å². The van der Waals surface area contributed by atoms with Crippen molar-refractivity contribution >= 4 is 11.9 Å². The van der Waals surface area contributed by atoms with Crippen LogP contribution in [-0.2, 0) is 42.7 Å². The van der Waals surface area contributed by atoms with E-state index in [1.165, 1.54) is 40.6 Å². The van der Waals surface area contributed by atoms with E-state index in [4.69, 9.17) is 33.2 Å². The molecule has 0 aliphatic rings. The summed E-state index contributed by atoms with van der Waals surface area (Å²) < 4.78 is 38.0. The Morgan fingerprint density at radius 1 is 0.655 bits per heavy atom. The fourth-order valence-electron chi connectivity index (χ4n) is 2.63. The van der Waals surface area contributed by atoms with E-state index in [0.717, 1.165) is 0 Å². The van der Waals surface area contributed by atoms with E-state index in [1.54, 1.807) is 27.7 Å². The van der Waals surface area contributed by atoms with Crippen molar-refractivity contribution in [3.63, 3.8) is 0 Å². The Balaban J connectivity index is 6.33. The van der Waals surface area contributed by atoms with Gasteiger partial charge in [-0.3, -0.25) is 4.74 Å². The zero-order valence-electron chi connectivity index (χ0n) is 18.7. The molecule has 0 bridgehead atoms.